The Labute approximate surface area is 131 Å². The lowest BCUT2D eigenvalue weighted by Crippen LogP contribution is -2.18. The van der Waals surface area contributed by atoms with Crippen LogP contribution in [0.5, 0.6) is 0 Å². The fraction of sp³-hybridized carbons (Fsp3) is 0.0714. The molecule has 2 aromatic rings. The average molecular weight is 369 g/mol. The summed E-state index contributed by atoms with van der Waals surface area (Å²) in [6.45, 7) is 0. The molecule has 2 aromatic carbocycles. The second-order valence-corrected chi connectivity index (χ2v) is 6.70. The summed E-state index contributed by atoms with van der Waals surface area (Å²) in [7, 11) is -2.15. The van der Waals surface area contributed by atoms with E-state index in [0.717, 1.165) is 0 Å². The number of sulfonamides is 1. The highest BCUT2D eigenvalue weighted by Crippen LogP contribution is 2.23. The summed E-state index contributed by atoms with van der Waals surface area (Å²) in [6, 6.07) is 12.7. The maximum absolute atomic E-state index is 12.3. The summed E-state index contributed by atoms with van der Waals surface area (Å²) < 4.78 is 27.5. The molecule has 2 rings (SSSR count). The molecule has 0 spiro atoms. The molecule has 0 saturated heterocycles. The fourth-order valence-corrected chi connectivity index (χ4v) is 3.77. The topological polar surface area (TPSA) is 75.3 Å². The van der Waals surface area contributed by atoms with E-state index in [-0.39, 0.29) is 10.8 Å². The number of carbonyl (C=O) groups is 1. The fourth-order valence-electron chi connectivity index (χ4n) is 1.71. The number of carbonyl (C=O) groups excluding carboxylic acids is 1. The van der Waals surface area contributed by atoms with Crippen LogP contribution in [0, 0.1) is 0 Å². The summed E-state index contributed by atoms with van der Waals surface area (Å²) >= 11 is 3.21. The Morgan fingerprint density at radius 1 is 1.05 bits per heavy atom. The van der Waals surface area contributed by atoms with Crippen molar-refractivity contribution < 1.29 is 13.2 Å². The van der Waals surface area contributed by atoms with Gasteiger partial charge in [-0.05, 0) is 52.3 Å². The first-order valence-corrected chi connectivity index (χ1v) is 8.31. The highest BCUT2D eigenvalue weighted by molar-refractivity contribution is 9.10. The summed E-state index contributed by atoms with van der Waals surface area (Å²) in [5.41, 5.74) is 0.847. The van der Waals surface area contributed by atoms with Gasteiger partial charge in [0.05, 0.1) is 0 Å². The van der Waals surface area contributed by atoms with E-state index in [1.165, 1.54) is 13.1 Å². The van der Waals surface area contributed by atoms with Crippen LogP contribution in [0.15, 0.2) is 57.9 Å². The van der Waals surface area contributed by atoms with Crippen LogP contribution >= 0.6 is 15.9 Å². The second kappa shape index (κ2) is 6.28. The molecule has 0 saturated carbocycles. The lowest BCUT2D eigenvalue weighted by molar-refractivity contribution is 0.0963. The van der Waals surface area contributed by atoms with Gasteiger partial charge in [-0.25, -0.2) is 8.42 Å². The van der Waals surface area contributed by atoms with E-state index in [1.54, 1.807) is 42.5 Å². The number of benzene rings is 2. The minimum Gasteiger partial charge on any atom is -0.355 e. The Bertz CT molecular complexity index is 758. The molecule has 7 heteroatoms. The van der Waals surface area contributed by atoms with Crippen LogP contribution in [0.2, 0.25) is 0 Å². The first-order chi connectivity index (χ1) is 9.94. The molecule has 21 heavy (non-hydrogen) atoms. The molecular formula is C14H13BrN2O3S. The number of nitrogens with one attached hydrogen (secondary N) is 2. The van der Waals surface area contributed by atoms with E-state index in [1.807, 2.05) is 0 Å². The van der Waals surface area contributed by atoms with E-state index < -0.39 is 10.0 Å². The third-order valence-corrected chi connectivity index (χ3v) is 5.15. The normalized spacial score (nSPS) is 11.0. The molecule has 0 heterocycles. The van der Waals surface area contributed by atoms with Gasteiger partial charge in [0.25, 0.3) is 15.9 Å². The molecule has 0 atom stereocenters. The SMILES string of the molecule is CNC(=O)c1ccc(NS(=O)(=O)c2ccccc2Br)cc1. The van der Waals surface area contributed by atoms with Gasteiger partial charge < -0.3 is 5.32 Å². The van der Waals surface area contributed by atoms with Gasteiger partial charge in [0.2, 0.25) is 0 Å². The molecule has 0 unspecified atom stereocenters. The molecule has 0 aliphatic rings. The van der Waals surface area contributed by atoms with Crippen molar-refractivity contribution in [3.8, 4) is 0 Å². The molecule has 2 N–H and O–H groups in total. The highest BCUT2D eigenvalue weighted by Gasteiger charge is 2.17. The number of anilines is 1. The molecule has 110 valence electrons. The maximum Gasteiger partial charge on any atom is 0.263 e. The summed E-state index contributed by atoms with van der Waals surface area (Å²) in [5, 5.41) is 2.50. The number of hydrogen-bond acceptors (Lipinski definition) is 3. The van der Waals surface area contributed by atoms with Crippen LogP contribution < -0.4 is 10.0 Å². The van der Waals surface area contributed by atoms with Crippen molar-refractivity contribution in [1.82, 2.24) is 5.32 Å². The van der Waals surface area contributed by atoms with Gasteiger partial charge in [-0.3, -0.25) is 9.52 Å². The first kappa shape index (κ1) is 15.5. The van der Waals surface area contributed by atoms with Gasteiger partial charge in [0, 0.05) is 22.8 Å². The Morgan fingerprint density at radius 3 is 2.24 bits per heavy atom. The Kier molecular flexibility index (Phi) is 4.64. The lowest BCUT2D eigenvalue weighted by atomic mass is 10.2. The van der Waals surface area contributed by atoms with Crippen molar-refractivity contribution in [2.24, 2.45) is 0 Å². The number of amides is 1. The predicted octanol–water partition coefficient (Wildman–Crippen LogP) is 2.61. The standard InChI is InChI=1S/C14H13BrN2O3S/c1-16-14(18)10-6-8-11(9-7-10)17-21(19,20)13-5-3-2-4-12(13)15/h2-9,17H,1H3,(H,16,18). The largest absolute Gasteiger partial charge is 0.355 e. The van der Waals surface area contributed by atoms with Crippen molar-refractivity contribution in [3.05, 3.63) is 58.6 Å². The summed E-state index contributed by atoms with van der Waals surface area (Å²) in [4.78, 5) is 11.6. The van der Waals surface area contributed by atoms with Crippen molar-refractivity contribution in [2.45, 2.75) is 4.90 Å². The first-order valence-electron chi connectivity index (χ1n) is 6.03. The highest BCUT2D eigenvalue weighted by atomic mass is 79.9. The van der Waals surface area contributed by atoms with Crippen molar-refractivity contribution >= 4 is 37.5 Å². The quantitative estimate of drug-likeness (QED) is 0.870. The van der Waals surface area contributed by atoms with Crippen LogP contribution in [0.25, 0.3) is 0 Å². The molecular weight excluding hydrogens is 356 g/mol. The summed E-state index contributed by atoms with van der Waals surface area (Å²) in [6.07, 6.45) is 0. The van der Waals surface area contributed by atoms with Crippen molar-refractivity contribution in [2.75, 3.05) is 11.8 Å². The Morgan fingerprint density at radius 2 is 1.67 bits per heavy atom. The van der Waals surface area contributed by atoms with Gasteiger partial charge in [-0.15, -0.1) is 0 Å². The molecule has 0 radical (unpaired) electrons. The lowest BCUT2D eigenvalue weighted by Gasteiger charge is -2.10. The monoisotopic (exact) mass is 368 g/mol. The molecule has 0 aromatic heterocycles. The minimum absolute atomic E-state index is 0.153. The van der Waals surface area contributed by atoms with Crippen LogP contribution in [-0.2, 0) is 10.0 Å². The Balaban J connectivity index is 2.25. The number of rotatable bonds is 4. The van der Waals surface area contributed by atoms with E-state index in [2.05, 4.69) is 26.0 Å². The van der Waals surface area contributed by atoms with Gasteiger partial charge in [0.15, 0.2) is 0 Å². The zero-order valence-electron chi connectivity index (χ0n) is 11.1. The number of halogens is 1. The van der Waals surface area contributed by atoms with E-state index in [4.69, 9.17) is 0 Å². The van der Waals surface area contributed by atoms with Crippen molar-refractivity contribution in [1.29, 1.82) is 0 Å². The van der Waals surface area contributed by atoms with Gasteiger partial charge in [0.1, 0.15) is 4.90 Å². The summed E-state index contributed by atoms with van der Waals surface area (Å²) in [5.74, 6) is -0.227. The number of hydrogen-bond donors (Lipinski definition) is 2. The molecule has 0 aliphatic heterocycles. The smallest absolute Gasteiger partial charge is 0.263 e. The van der Waals surface area contributed by atoms with Gasteiger partial charge in [-0.2, -0.15) is 0 Å². The van der Waals surface area contributed by atoms with E-state index >= 15 is 0 Å². The van der Waals surface area contributed by atoms with Gasteiger partial charge >= 0.3 is 0 Å². The van der Waals surface area contributed by atoms with Crippen molar-refractivity contribution in [3.63, 3.8) is 0 Å². The molecule has 1 amide bonds. The van der Waals surface area contributed by atoms with E-state index in [9.17, 15) is 13.2 Å². The second-order valence-electron chi connectivity index (χ2n) is 4.19. The van der Waals surface area contributed by atoms with E-state index in [0.29, 0.717) is 15.7 Å². The molecule has 5 nitrogen and oxygen atoms in total. The minimum atomic E-state index is -3.68. The molecule has 0 bridgehead atoms. The maximum atomic E-state index is 12.3. The average Bonchev–Trinajstić information content (AvgIpc) is 2.47. The molecule has 0 aliphatic carbocycles. The third-order valence-electron chi connectivity index (χ3n) is 2.75. The molecule has 0 fully saturated rings. The van der Waals surface area contributed by atoms with Crippen LogP contribution in [0.1, 0.15) is 10.4 Å². The zero-order chi connectivity index (χ0) is 15.5. The van der Waals surface area contributed by atoms with Crippen LogP contribution in [0.3, 0.4) is 0 Å². The van der Waals surface area contributed by atoms with Crippen LogP contribution in [-0.4, -0.2) is 21.4 Å². The third kappa shape index (κ3) is 3.62. The predicted molar refractivity (Wildman–Crippen MR) is 84.8 cm³/mol. The van der Waals surface area contributed by atoms with Crippen LogP contribution in [0.4, 0.5) is 5.69 Å². The van der Waals surface area contributed by atoms with Gasteiger partial charge in [-0.1, -0.05) is 12.1 Å². The zero-order valence-corrected chi connectivity index (χ0v) is 13.5. The Hall–Kier alpha value is -1.86.